The number of para-hydroxylation sites is 1. The van der Waals surface area contributed by atoms with Gasteiger partial charge in [-0.25, -0.2) is 4.79 Å². The molecule has 8 heteroatoms. The van der Waals surface area contributed by atoms with Gasteiger partial charge < -0.3 is 34.9 Å². The third kappa shape index (κ3) is 8.09. The fourth-order valence-electron chi connectivity index (χ4n) is 6.01. The van der Waals surface area contributed by atoms with E-state index in [0.717, 1.165) is 42.1 Å². The standard InChI is InChI=1S/C37H41N3O5/c1-26-34(24-40-21-6-3-7-22-40)44-36(45-35(26)28-15-13-27(25-41)14-16-28)29-9-8-10-31(23-29)39-37(42)38-30-17-19-33(20-18-30)43-32-11-4-2-5-12-32/h2,4-5,8-20,23,26,34-36,41H,3,6-7,21-22,24-25H2,1H3,(H2,38,39,42)/t26-,34+,35+,36+/m0/s1. The molecule has 0 radical (unpaired) electrons. The Labute approximate surface area is 264 Å². The second-order valence-corrected chi connectivity index (χ2v) is 11.8. The molecular weight excluding hydrogens is 566 g/mol. The summed E-state index contributed by atoms with van der Waals surface area (Å²) < 4.78 is 19.1. The minimum atomic E-state index is -0.597. The summed E-state index contributed by atoms with van der Waals surface area (Å²) in [5.41, 5.74) is 4.05. The number of benzene rings is 4. The number of urea groups is 1. The van der Waals surface area contributed by atoms with Crippen LogP contribution in [0.25, 0.3) is 0 Å². The van der Waals surface area contributed by atoms with E-state index < -0.39 is 6.29 Å². The van der Waals surface area contributed by atoms with Gasteiger partial charge in [-0.15, -0.1) is 0 Å². The van der Waals surface area contributed by atoms with Crippen LogP contribution >= 0.6 is 0 Å². The van der Waals surface area contributed by atoms with Crippen molar-refractivity contribution >= 4 is 17.4 Å². The van der Waals surface area contributed by atoms with E-state index in [-0.39, 0.29) is 30.8 Å². The lowest BCUT2D eigenvalue weighted by atomic mass is 9.89. The summed E-state index contributed by atoms with van der Waals surface area (Å²) in [5.74, 6) is 1.56. The number of carbonyl (C=O) groups is 1. The predicted molar refractivity (Wildman–Crippen MR) is 175 cm³/mol. The van der Waals surface area contributed by atoms with Gasteiger partial charge in [-0.2, -0.15) is 0 Å². The van der Waals surface area contributed by atoms with Crippen LogP contribution in [0, 0.1) is 5.92 Å². The summed E-state index contributed by atoms with van der Waals surface area (Å²) in [6.07, 6.45) is 2.91. The van der Waals surface area contributed by atoms with Crippen LogP contribution in [0.1, 0.15) is 55.3 Å². The molecule has 4 aromatic carbocycles. The molecule has 0 aromatic heterocycles. The second kappa shape index (κ2) is 14.7. The largest absolute Gasteiger partial charge is 0.457 e. The Morgan fingerprint density at radius 3 is 2.24 bits per heavy atom. The van der Waals surface area contributed by atoms with E-state index in [4.69, 9.17) is 14.2 Å². The van der Waals surface area contributed by atoms with E-state index in [9.17, 15) is 9.90 Å². The number of aliphatic hydroxyl groups excluding tert-OH is 1. The SMILES string of the molecule is C[C@H]1[C@@H](CN2CCCCC2)O[C@@H](c2cccc(NC(=O)Nc3ccc(Oc4ccccc4)cc3)c2)O[C@H]1c1ccc(CO)cc1. The van der Waals surface area contributed by atoms with Gasteiger partial charge in [0.25, 0.3) is 0 Å². The van der Waals surface area contributed by atoms with Gasteiger partial charge in [0.2, 0.25) is 0 Å². The second-order valence-electron chi connectivity index (χ2n) is 11.8. The molecule has 45 heavy (non-hydrogen) atoms. The van der Waals surface area contributed by atoms with Gasteiger partial charge in [-0.1, -0.05) is 67.9 Å². The maximum atomic E-state index is 12.9. The van der Waals surface area contributed by atoms with Crippen molar-refractivity contribution in [3.8, 4) is 11.5 Å². The first-order chi connectivity index (χ1) is 22.0. The first-order valence-corrected chi connectivity index (χ1v) is 15.8. The van der Waals surface area contributed by atoms with Crippen LogP contribution in [0.2, 0.25) is 0 Å². The van der Waals surface area contributed by atoms with Crippen LogP contribution in [0.4, 0.5) is 16.2 Å². The zero-order chi connectivity index (χ0) is 31.0. The van der Waals surface area contributed by atoms with Crippen LogP contribution in [0.3, 0.4) is 0 Å². The lowest BCUT2D eigenvalue weighted by Crippen LogP contribution is -2.45. The molecule has 6 rings (SSSR count). The van der Waals surface area contributed by atoms with Crippen molar-refractivity contribution in [3.63, 3.8) is 0 Å². The van der Waals surface area contributed by atoms with Crippen LogP contribution in [-0.4, -0.2) is 41.8 Å². The van der Waals surface area contributed by atoms with E-state index >= 15 is 0 Å². The van der Waals surface area contributed by atoms with Gasteiger partial charge in [0.05, 0.1) is 18.8 Å². The van der Waals surface area contributed by atoms with Gasteiger partial charge in [-0.3, -0.25) is 0 Å². The molecule has 0 spiro atoms. The highest BCUT2D eigenvalue weighted by Crippen LogP contribution is 2.42. The number of rotatable bonds is 9. The average molecular weight is 608 g/mol. The molecule has 2 heterocycles. The molecule has 0 bridgehead atoms. The number of hydrogen-bond acceptors (Lipinski definition) is 6. The number of aliphatic hydroxyl groups is 1. The lowest BCUT2D eigenvalue weighted by Gasteiger charge is -2.43. The Balaban J connectivity index is 1.13. The number of ether oxygens (including phenoxy) is 3. The monoisotopic (exact) mass is 607 g/mol. The van der Waals surface area contributed by atoms with E-state index in [1.807, 2.05) is 91.0 Å². The summed E-state index contributed by atoms with van der Waals surface area (Å²) in [7, 11) is 0. The molecule has 2 fully saturated rings. The van der Waals surface area contributed by atoms with Crippen molar-refractivity contribution in [1.82, 2.24) is 4.90 Å². The predicted octanol–water partition coefficient (Wildman–Crippen LogP) is 7.89. The average Bonchev–Trinajstić information content (AvgIpc) is 3.08. The zero-order valence-corrected chi connectivity index (χ0v) is 25.6. The van der Waals surface area contributed by atoms with Crippen LogP contribution in [0.5, 0.6) is 11.5 Å². The van der Waals surface area contributed by atoms with Crippen LogP contribution < -0.4 is 15.4 Å². The molecule has 0 saturated carbocycles. The molecule has 0 aliphatic carbocycles. The molecule has 2 amide bonds. The van der Waals surface area contributed by atoms with Crippen molar-refractivity contribution in [1.29, 1.82) is 0 Å². The number of anilines is 2. The maximum absolute atomic E-state index is 12.9. The molecule has 3 N–H and O–H groups in total. The molecule has 8 nitrogen and oxygen atoms in total. The Morgan fingerprint density at radius 1 is 0.800 bits per heavy atom. The molecule has 4 aromatic rings. The Morgan fingerprint density at radius 2 is 1.51 bits per heavy atom. The van der Waals surface area contributed by atoms with E-state index in [1.165, 1.54) is 19.3 Å². The Bertz CT molecular complexity index is 1520. The molecule has 2 aliphatic heterocycles. The molecular formula is C37H41N3O5. The fourth-order valence-corrected chi connectivity index (χ4v) is 6.01. The van der Waals surface area contributed by atoms with E-state index in [0.29, 0.717) is 17.1 Å². The van der Waals surface area contributed by atoms with Gasteiger partial charge in [0.1, 0.15) is 11.5 Å². The highest BCUT2D eigenvalue weighted by Gasteiger charge is 2.39. The fraction of sp³-hybridized carbons (Fsp3) is 0.324. The Hall–Kier alpha value is -4.21. The number of likely N-dealkylation sites (tertiary alicyclic amines) is 1. The molecule has 2 saturated heterocycles. The quantitative estimate of drug-likeness (QED) is 0.179. The highest BCUT2D eigenvalue weighted by atomic mass is 16.7. The number of nitrogens with zero attached hydrogens (tertiary/aromatic N) is 1. The third-order valence-corrected chi connectivity index (χ3v) is 8.52. The summed E-state index contributed by atoms with van der Waals surface area (Å²) in [4.78, 5) is 15.4. The molecule has 4 atom stereocenters. The zero-order valence-electron chi connectivity index (χ0n) is 25.6. The summed E-state index contributed by atoms with van der Waals surface area (Å²) in [5, 5.41) is 15.4. The van der Waals surface area contributed by atoms with Gasteiger partial charge in [0.15, 0.2) is 6.29 Å². The first-order valence-electron chi connectivity index (χ1n) is 15.8. The van der Waals surface area contributed by atoms with Gasteiger partial charge >= 0.3 is 6.03 Å². The van der Waals surface area contributed by atoms with Crippen LogP contribution in [0.15, 0.2) is 103 Å². The van der Waals surface area contributed by atoms with Crippen molar-refractivity contribution < 1.29 is 24.1 Å². The summed E-state index contributed by atoms with van der Waals surface area (Å²) >= 11 is 0. The molecule has 234 valence electrons. The number of piperidine rings is 1. The summed E-state index contributed by atoms with van der Waals surface area (Å²) in [6.45, 7) is 5.22. The topological polar surface area (TPSA) is 92.3 Å². The Kier molecular flexibility index (Phi) is 10.1. The van der Waals surface area contributed by atoms with Crippen molar-refractivity contribution in [2.75, 3.05) is 30.3 Å². The first kappa shape index (κ1) is 30.8. The number of amides is 2. The molecule has 2 aliphatic rings. The number of hydrogen-bond donors (Lipinski definition) is 3. The lowest BCUT2D eigenvalue weighted by molar-refractivity contribution is -0.276. The normalized spacial score (nSPS) is 22.0. The summed E-state index contributed by atoms with van der Waals surface area (Å²) in [6, 6.07) is 32.0. The molecule has 0 unspecified atom stereocenters. The van der Waals surface area contributed by atoms with Crippen molar-refractivity contribution in [2.45, 2.75) is 51.3 Å². The maximum Gasteiger partial charge on any atom is 0.323 e. The third-order valence-electron chi connectivity index (χ3n) is 8.52. The van der Waals surface area contributed by atoms with E-state index in [1.54, 1.807) is 12.1 Å². The van der Waals surface area contributed by atoms with Crippen molar-refractivity contribution in [2.24, 2.45) is 5.92 Å². The van der Waals surface area contributed by atoms with Gasteiger partial charge in [-0.05, 0) is 85.6 Å². The smallest absolute Gasteiger partial charge is 0.323 e. The minimum Gasteiger partial charge on any atom is -0.457 e. The number of carbonyl (C=O) groups excluding carboxylic acids is 1. The highest BCUT2D eigenvalue weighted by molar-refractivity contribution is 5.99. The minimum absolute atomic E-state index is 0.00598. The van der Waals surface area contributed by atoms with Crippen LogP contribution in [-0.2, 0) is 16.1 Å². The van der Waals surface area contributed by atoms with Gasteiger partial charge in [0, 0.05) is 29.4 Å². The number of nitrogens with one attached hydrogen (secondary N) is 2. The van der Waals surface area contributed by atoms with Crippen molar-refractivity contribution in [3.05, 3.63) is 120 Å². The van der Waals surface area contributed by atoms with E-state index in [2.05, 4.69) is 22.5 Å².